The third kappa shape index (κ3) is 5.08. The number of rotatable bonds is 5. The van der Waals surface area contributed by atoms with E-state index in [0.717, 1.165) is 11.1 Å². The zero-order valence-corrected chi connectivity index (χ0v) is 32.0. The van der Waals surface area contributed by atoms with Crippen molar-refractivity contribution in [3.05, 3.63) is 168 Å². The van der Waals surface area contributed by atoms with Crippen molar-refractivity contribution in [2.24, 2.45) is 0 Å². The molecule has 2 aliphatic heterocycles. The Bertz CT molecular complexity index is 3330. The number of oxazole rings is 4. The second-order valence-corrected chi connectivity index (χ2v) is 15.8. The smallest absolute Gasteiger partial charge is 0.436 e. The van der Waals surface area contributed by atoms with Crippen LogP contribution < -0.4 is 0 Å². The predicted octanol–water partition coefficient (Wildman–Crippen LogP) is 10.9. The van der Waals surface area contributed by atoms with Crippen molar-refractivity contribution in [3.8, 4) is 23.0 Å². The van der Waals surface area contributed by atoms with E-state index in [4.69, 9.17) is 37.6 Å². The molecule has 12 heteroatoms. The lowest BCUT2D eigenvalue weighted by Gasteiger charge is -2.23. The zero-order valence-electron chi connectivity index (χ0n) is 32.0. The normalized spacial score (nSPS) is 14.4. The maximum absolute atomic E-state index is 18.6. The first-order valence-electron chi connectivity index (χ1n) is 19.3. The third-order valence-electron chi connectivity index (χ3n) is 11.1. The Morgan fingerprint density at radius 1 is 0.576 bits per heavy atom. The first-order chi connectivity index (χ1) is 28.8. The number of hydrogen-bond donors (Lipinski definition) is 0. The number of para-hydroxylation sites is 8. The molecule has 7 heterocycles. The van der Waals surface area contributed by atoms with Gasteiger partial charge in [-0.05, 0) is 71.1 Å². The molecule has 5 aromatic carbocycles. The molecule has 282 valence electrons. The van der Waals surface area contributed by atoms with Gasteiger partial charge in [-0.1, -0.05) is 93.6 Å². The number of allylic oxidation sites excluding steroid dienone is 2. The molecule has 0 saturated heterocycles. The van der Waals surface area contributed by atoms with E-state index in [1.807, 2.05) is 109 Å². The summed E-state index contributed by atoms with van der Waals surface area (Å²) in [6, 6.07) is 40.3. The number of benzene rings is 5. The highest BCUT2D eigenvalue weighted by Crippen LogP contribution is 2.49. The van der Waals surface area contributed by atoms with Gasteiger partial charge in [0.2, 0.25) is 29.1 Å². The largest absolute Gasteiger partial charge is 0.847 e. The highest BCUT2D eigenvalue weighted by Gasteiger charge is 2.56. The predicted molar refractivity (Wildman–Crippen MR) is 224 cm³/mol. The Morgan fingerprint density at radius 2 is 1.05 bits per heavy atom. The van der Waals surface area contributed by atoms with Crippen LogP contribution in [0.1, 0.15) is 49.4 Å². The summed E-state index contributed by atoms with van der Waals surface area (Å²) in [6.45, 7) is 6.53. The molecule has 0 aliphatic carbocycles. The monoisotopic (exact) mass is 773 g/mol. The summed E-state index contributed by atoms with van der Waals surface area (Å²) in [6.07, 6.45) is 1.85. The maximum atomic E-state index is 18.6. The first-order valence-corrected chi connectivity index (χ1v) is 19.3. The lowest BCUT2D eigenvalue weighted by molar-refractivity contribution is -0.333. The summed E-state index contributed by atoms with van der Waals surface area (Å²) in [7, 11) is -1.89. The van der Waals surface area contributed by atoms with Crippen LogP contribution in [0, 0.1) is 0 Å². The highest BCUT2D eigenvalue weighted by atomic mass is 19.1. The van der Waals surface area contributed by atoms with Gasteiger partial charge < -0.3 is 17.7 Å². The highest BCUT2D eigenvalue weighted by molar-refractivity contribution is 6.46. The third-order valence-corrected chi connectivity index (χ3v) is 11.1. The van der Waals surface area contributed by atoms with Crippen LogP contribution in [0.25, 0.3) is 78.6 Å². The van der Waals surface area contributed by atoms with Crippen LogP contribution in [0.5, 0.6) is 0 Å². The Kier molecular flexibility index (Phi) is 6.94. The van der Waals surface area contributed by atoms with Crippen molar-refractivity contribution in [2.45, 2.75) is 26.2 Å². The van der Waals surface area contributed by atoms with Gasteiger partial charge in [-0.3, -0.25) is 4.48 Å². The minimum Gasteiger partial charge on any atom is -0.436 e. The molecule has 10 aromatic rings. The second-order valence-electron chi connectivity index (χ2n) is 15.8. The molecular formula is C47H31BFN6O4+. The van der Waals surface area contributed by atoms with Crippen LogP contribution in [0.3, 0.4) is 0 Å². The van der Waals surface area contributed by atoms with Crippen LogP contribution in [-0.2, 0) is 5.41 Å². The Hall–Kier alpha value is -7.60. The van der Waals surface area contributed by atoms with E-state index in [-0.39, 0.29) is 17.2 Å². The molecule has 0 spiro atoms. The molecule has 0 radical (unpaired) electrons. The van der Waals surface area contributed by atoms with Crippen molar-refractivity contribution in [1.82, 2.24) is 24.4 Å². The van der Waals surface area contributed by atoms with E-state index in [0.29, 0.717) is 95.7 Å². The number of hydrogen-bond acceptors (Lipinski definition) is 8. The van der Waals surface area contributed by atoms with Gasteiger partial charge in [-0.25, -0.2) is 28.7 Å². The lowest BCUT2D eigenvalue weighted by Crippen LogP contribution is -2.41. The average Bonchev–Trinajstić information content (AvgIpc) is 4.10. The summed E-state index contributed by atoms with van der Waals surface area (Å²) < 4.78 is 47.6. The van der Waals surface area contributed by atoms with E-state index in [1.54, 1.807) is 8.96 Å². The number of aromatic nitrogens is 5. The van der Waals surface area contributed by atoms with E-state index in [1.165, 1.54) is 0 Å². The molecular weight excluding hydrogens is 742 g/mol. The van der Waals surface area contributed by atoms with Crippen molar-refractivity contribution in [2.75, 3.05) is 0 Å². The van der Waals surface area contributed by atoms with Gasteiger partial charge in [-0.2, -0.15) is 0 Å². The first kappa shape index (κ1) is 33.5. The molecule has 5 aromatic heterocycles. The van der Waals surface area contributed by atoms with Crippen molar-refractivity contribution >= 4 is 68.5 Å². The molecule has 0 unspecified atom stereocenters. The van der Waals surface area contributed by atoms with Crippen LogP contribution in [0.2, 0.25) is 0 Å². The Morgan fingerprint density at radius 3 is 1.61 bits per heavy atom. The molecule has 0 N–H and O–H groups in total. The molecule has 59 heavy (non-hydrogen) atoms. The molecule has 2 aliphatic rings. The molecule has 12 rings (SSSR count). The van der Waals surface area contributed by atoms with Gasteiger partial charge >= 0.3 is 7.26 Å². The minimum absolute atomic E-state index is 0.118. The molecule has 0 atom stereocenters. The van der Waals surface area contributed by atoms with Gasteiger partial charge in [0, 0.05) is 6.08 Å². The van der Waals surface area contributed by atoms with Gasteiger partial charge in [0.15, 0.2) is 22.3 Å². The van der Waals surface area contributed by atoms with E-state index in [9.17, 15) is 0 Å². The fraction of sp³-hybridized carbons (Fsp3) is 0.0851. The van der Waals surface area contributed by atoms with Crippen LogP contribution in [0.15, 0.2) is 157 Å². The minimum atomic E-state index is -1.89. The average molecular weight is 774 g/mol. The van der Waals surface area contributed by atoms with Gasteiger partial charge in [0.05, 0.1) is 16.8 Å². The fourth-order valence-electron chi connectivity index (χ4n) is 8.23. The van der Waals surface area contributed by atoms with E-state index in [2.05, 4.69) is 45.0 Å². The number of nitrogens with zero attached hydrogens (tertiary/aromatic N) is 6. The Labute approximate surface area is 335 Å². The second kappa shape index (κ2) is 12.2. The molecule has 0 amide bonds. The Balaban J connectivity index is 1.23. The number of halogens is 1. The van der Waals surface area contributed by atoms with Gasteiger partial charge in [-0.15, -0.1) is 0 Å². The van der Waals surface area contributed by atoms with Crippen LogP contribution in [-0.4, -0.2) is 41.9 Å². The van der Waals surface area contributed by atoms with Crippen LogP contribution in [0.4, 0.5) is 4.32 Å². The lowest BCUT2D eigenvalue weighted by atomic mass is 9.83. The van der Waals surface area contributed by atoms with E-state index < -0.39 is 7.26 Å². The van der Waals surface area contributed by atoms with Crippen molar-refractivity contribution in [3.63, 3.8) is 0 Å². The maximum Gasteiger partial charge on any atom is 0.847 e. The molecule has 0 saturated carbocycles. The fourth-order valence-corrected chi connectivity index (χ4v) is 8.23. The topological polar surface area (TPSA) is 112 Å². The van der Waals surface area contributed by atoms with E-state index >= 15 is 4.32 Å². The van der Waals surface area contributed by atoms with Crippen molar-refractivity contribution < 1.29 is 26.5 Å². The molecule has 10 nitrogen and oxygen atoms in total. The SMILES string of the molecule is CC(C)(C)c1ccc(C2=C3C(c4nc5ccccc5o4)=CC(c4nc5ccccc5o4)=[N+]3B(F)n3c(-c4nc5ccccc5o4)cc(-c4nc5ccccc5o4)c32)cc1. The quantitative estimate of drug-likeness (QED) is 0.159. The molecule has 0 fully saturated rings. The molecule has 0 bridgehead atoms. The summed E-state index contributed by atoms with van der Waals surface area (Å²) in [5.41, 5.74) is 10.4. The van der Waals surface area contributed by atoms with Crippen molar-refractivity contribution in [1.29, 1.82) is 0 Å². The number of fused-ring (bicyclic) bond motifs is 6. The standard InChI is InChI=1S/C47H31BFN6O4/c1-47(2,3)27-22-20-26(21-23-27)40-41-28(43-50-30-12-4-8-16-36(30)56-43)24-34(45-52-32-14-6-10-18-38(32)58-45)54(41)48(49)55-35(46-53-33-15-7-11-19-39(33)59-46)25-29(42(40)55)44-51-31-13-5-9-17-37(31)57-44/h4-25H,1-3H3/q+1. The summed E-state index contributed by atoms with van der Waals surface area (Å²) in [4.78, 5) is 19.7. The van der Waals surface area contributed by atoms with Crippen LogP contribution >= 0.6 is 0 Å². The zero-order chi connectivity index (χ0) is 39.6. The van der Waals surface area contributed by atoms with Gasteiger partial charge in [0.25, 0.3) is 5.89 Å². The van der Waals surface area contributed by atoms with Gasteiger partial charge in [0.1, 0.15) is 33.3 Å². The summed E-state index contributed by atoms with van der Waals surface area (Å²) >= 11 is 0. The summed E-state index contributed by atoms with van der Waals surface area (Å²) in [5.74, 6) is 1.10. The summed E-state index contributed by atoms with van der Waals surface area (Å²) in [5, 5.41) is 0.